The van der Waals surface area contributed by atoms with Crippen LogP contribution in [0.15, 0.2) is 48.8 Å². The molecule has 0 radical (unpaired) electrons. The highest BCUT2D eigenvalue weighted by Gasteiger charge is 2.34. The second-order valence-corrected chi connectivity index (χ2v) is 8.97. The zero-order valence-electron chi connectivity index (χ0n) is 15.0. The Labute approximate surface area is 155 Å². The molecule has 0 spiro atoms. The number of aromatic nitrogens is 1. The minimum absolute atomic E-state index is 0.0307. The van der Waals surface area contributed by atoms with Gasteiger partial charge in [0.2, 0.25) is 5.91 Å². The van der Waals surface area contributed by atoms with Crippen LogP contribution in [-0.2, 0) is 34.0 Å². The number of nitrogens with zero attached hydrogens (tertiary/aromatic N) is 2. The van der Waals surface area contributed by atoms with E-state index in [9.17, 15) is 13.2 Å². The molecule has 0 aliphatic carbocycles. The minimum Gasteiger partial charge on any atom is -0.334 e. The number of benzene rings is 1. The van der Waals surface area contributed by atoms with Crippen LogP contribution < -0.4 is 0 Å². The first-order valence-electron chi connectivity index (χ1n) is 8.94. The summed E-state index contributed by atoms with van der Waals surface area (Å²) in [6.07, 6.45) is 5.07. The molecule has 1 aromatic carbocycles. The van der Waals surface area contributed by atoms with Crippen molar-refractivity contribution in [3.05, 3.63) is 65.5 Å². The summed E-state index contributed by atoms with van der Waals surface area (Å²) in [6.45, 7) is 2.46. The third kappa shape index (κ3) is 4.49. The fourth-order valence-corrected chi connectivity index (χ4v) is 5.20. The maximum absolute atomic E-state index is 13.1. The Hall–Kier alpha value is -2.21. The fourth-order valence-electron chi connectivity index (χ4n) is 3.47. The van der Waals surface area contributed by atoms with E-state index in [0.717, 1.165) is 23.1 Å². The van der Waals surface area contributed by atoms with Crippen molar-refractivity contribution in [3.8, 4) is 0 Å². The van der Waals surface area contributed by atoms with Crippen LogP contribution in [0.5, 0.6) is 0 Å². The molecule has 0 N–H and O–H groups in total. The van der Waals surface area contributed by atoms with Crippen molar-refractivity contribution in [3.63, 3.8) is 0 Å². The van der Waals surface area contributed by atoms with E-state index in [1.165, 1.54) is 0 Å². The Bertz CT molecular complexity index is 866. The van der Waals surface area contributed by atoms with Crippen molar-refractivity contribution in [1.82, 2.24) is 9.88 Å². The van der Waals surface area contributed by atoms with Gasteiger partial charge in [0, 0.05) is 25.0 Å². The second-order valence-electron chi connectivity index (χ2n) is 6.74. The number of carbonyl (C=O) groups is 1. The van der Waals surface area contributed by atoms with Crippen molar-refractivity contribution in [1.29, 1.82) is 0 Å². The van der Waals surface area contributed by atoms with E-state index in [1.54, 1.807) is 17.3 Å². The van der Waals surface area contributed by atoms with Gasteiger partial charge in [0.05, 0.1) is 17.9 Å². The van der Waals surface area contributed by atoms with Crippen LogP contribution in [0.25, 0.3) is 0 Å². The Morgan fingerprint density at radius 1 is 1.19 bits per heavy atom. The lowest BCUT2D eigenvalue weighted by Gasteiger charge is -2.29. The largest absolute Gasteiger partial charge is 0.334 e. The van der Waals surface area contributed by atoms with Gasteiger partial charge in [0.15, 0.2) is 9.84 Å². The number of aryl methyl sites for hydroxylation is 1. The van der Waals surface area contributed by atoms with Crippen LogP contribution in [0.3, 0.4) is 0 Å². The van der Waals surface area contributed by atoms with Crippen LogP contribution in [-0.4, -0.2) is 41.8 Å². The number of hydrogen-bond donors (Lipinski definition) is 0. The van der Waals surface area contributed by atoms with Crippen molar-refractivity contribution >= 4 is 15.7 Å². The summed E-state index contributed by atoms with van der Waals surface area (Å²) in [6, 6.07) is 11.4. The summed E-state index contributed by atoms with van der Waals surface area (Å²) in [5, 5.41) is 0. The number of rotatable bonds is 6. The molecule has 138 valence electrons. The Kier molecular flexibility index (Phi) is 5.71. The Morgan fingerprint density at radius 2 is 1.96 bits per heavy atom. The second kappa shape index (κ2) is 7.99. The average molecular weight is 372 g/mol. The molecule has 1 saturated heterocycles. The number of carbonyl (C=O) groups excluding carboxylic acids is 1. The van der Waals surface area contributed by atoms with Gasteiger partial charge in [-0.3, -0.25) is 9.78 Å². The summed E-state index contributed by atoms with van der Waals surface area (Å²) < 4.78 is 23.9. The molecule has 0 bridgehead atoms. The first kappa shape index (κ1) is 18.6. The van der Waals surface area contributed by atoms with E-state index < -0.39 is 9.84 Å². The lowest BCUT2D eigenvalue weighted by atomic mass is 10.0. The predicted molar refractivity (Wildman–Crippen MR) is 101 cm³/mol. The molecule has 3 rings (SSSR count). The quantitative estimate of drug-likeness (QED) is 0.781. The topological polar surface area (TPSA) is 67.3 Å². The summed E-state index contributed by atoms with van der Waals surface area (Å²) >= 11 is 0. The van der Waals surface area contributed by atoms with Crippen LogP contribution in [0.1, 0.15) is 30.0 Å². The lowest BCUT2D eigenvalue weighted by Crippen LogP contribution is -2.41. The van der Waals surface area contributed by atoms with Gasteiger partial charge in [-0.25, -0.2) is 8.42 Å². The molecule has 1 fully saturated rings. The molecule has 1 amide bonds. The molecule has 1 aromatic heterocycles. The van der Waals surface area contributed by atoms with E-state index in [1.807, 2.05) is 36.4 Å². The van der Waals surface area contributed by atoms with E-state index in [2.05, 4.69) is 11.9 Å². The van der Waals surface area contributed by atoms with Gasteiger partial charge in [-0.05, 0) is 35.6 Å². The minimum atomic E-state index is -3.06. The number of pyridine rings is 1. The molecule has 5 nitrogen and oxygen atoms in total. The van der Waals surface area contributed by atoms with Gasteiger partial charge in [-0.15, -0.1) is 0 Å². The van der Waals surface area contributed by atoms with E-state index in [-0.39, 0.29) is 23.5 Å². The summed E-state index contributed by atoms with van der Waals surface area (Å²) in [4.78, 5) is 18.9. The van der Waals surface area contributed by atoms with Gasteiger partial charge < -0.3 is 4.90 Å². The zero-order valence-corrected chi connectivity index (χ0v) is 15.8. The van der Waals surface area contributed by atoms with Gasteiger partial charge in [-0.1, -0.05) is 37.3 Å². The Morgan fingerprint density at radius 3 is 2.58 bits per heavy atom. The van der Waals surface area contributed by atoms with Crippen LogP contribution in [0.2, 0.25) is 0 Å². The predicted octanol–water partition coefficient (Wildman–Crippen LogP) is 2.40. The van der Waals surface area contributed by atoms with Gasteiger partial charge in [0.1, 0.15) is 0 Å². The molecule has 26 heavy (non-hydrogen) atoms. The third-order valence-corrected chi connectivity index (χ3v) is 6.64. The number of amides is 1. The summed E-state index contributed by atoms with van der Waals surface area (Å²) in [5.41, 5.74) is 3.08. The maximum atomic E-state index is 13.1. The van der Waals surface area contributed by atoms with E-state index >= 15 is 0 Å². The van der Waals surface area contributed by atoms with Gasteiger partial charge in [0.25, 0.3) is 0 Å². The highest BCUT2D eigenvalue weighted by Crippen LogP contribution is 2.22. The van der Waals surface area contributed by atoms with Crippen LogP contribution in [0.4, 0.5) is 0 Å². The molecular weight excluding hydrogens is 348 g/mol. The van der Waals surface area contributed by atoms with Crippen LogP contribution >= 0.6 is 0 Å². The number of sulfone groups is 1. The van der Waals surface area contributed by atoms with E-state index in [0.29, 0.717) is 19.4 Å². The molecular formula is C20H24N2O3S. The Balaban J connectivity index is 1.83. The van der Waals surface area contributed by atoms with Gasteiger partial charge >= 0.3 is 0 Å². The van der Waals surface area contributed by atoms with Crippen molar-refractivity contribution in [2.24, 2.45) is 0 Å². The van der Waals surface area contributed by atoms with E-state index in [4.69, 9.17) is 0 Å². The molecule has 1 atom stereocenters. The first-order valence-corrected chi connectivity index (χ1v) is 10.8. The lowest BCUT2D eigenvalue weighted by molar-refractivity contribution is -0.133. The van der Waals surface area contributed by atoms with Gasteiger partial charge in [-0.2, -0.15) is 0 Å². The average Bonchev–Trinajstić information content (AvgIpc) is 3.00. The maximum Gasteiger partial charge on any atom is 0.227 e. The summed E-state index contributed by atoms with van der Waals surface area (Å²) in [7, 11) is -3.06. The highest BCUT2D eigenvalue weighted by molar-refractivity contribution is 7.91. The molecule has 0 unspecified atom stereocenters. The standard InChI is InChI=1S/C20H24N2O3S/c1-2-17-7-3-4-8-18(17)12-20(23)22(14-16-6-5-10-21-13-16)19-9-11-26(24,25)15-19/h3-8,10,13,19H,2,9,11-12,14-15H2,1H3/t19-/m0/s1. The normalized spacial score (nSPS) is 18.6. The van der Waals surface area contributed by atoms with Crippen molar-refractivity contribution < 1.29 is 13.2 Å². The molecule has 2 aromatic rings. The highest BCUT2D eigenvalue weighted by atomic mass is 32.2. The smallest absolute Gasteiger partial charge is 0.227 e. The molecule has 1 aliphatic rings. The third-order valence-electron chi connectivity index (χ3n) is 4.89. The SMILES string of the molecule is CCc1ccccc1CC(=O)N(Cc1cccnc1)[C@H]1CCS(=O)(=O)C1. The number of hydrogen-bond acceptors (Lipinski definition) is 4. The first-order chi connectivity index (χ1) is 12.5. The summed E-state index contributed by atoms with van der Waals surface area (Å²) in [5.74, 6) is 0.172. The monoisotopic (exact) mass is 372 g/mol. The molecule has 1 aliphatic heterocycles. The van der Waals surface area contributed by atoms with Crippen molar-refractivity contribution in [2.75, 3.05) is 11.5 Å². The fraction of sp³-hybridized carbons (Fsp3) is 0.400. The van der Waals surface area contributed by atoms with Crippen LogP contribution in [0, 0.1) is 0 Å². The zero-order chi connectivity index (χ0) is 18.6. The molecule has 6 heteroatoms. The van der Waals surface area contributed by atoms with Crippen molar-refractivity contribution in [2.45, 2.75) is 38.8 Å². The molecule has 2 heterocycles. The molecule has 0 saturated carbocycles.